The van der Waals surface area contributed by atoms with Gasteiger partial charge in [-0.2, -0.15) is 0 Å². The van der Waals surface area contributed by atoms with Gasteiger partial charge in [0.25, 0.3) is 0 Å². The van der Waals surface area contributed by atoms with Crippen molar-refractivity contribution >= 4 is 11.7 Å². The smallest absolute Gasteiger partial charge is 0.308 e. The Kier molecular flexibility index (Phi) is 3.72. The molecule has 0 aliphatic heterocycles. The zero-order valence-corrected chi connectivity index (χ0v) is 9.41. The van der Waals surface area contributed by atoms with Crippen molar-refractivity contribution in [3.05, 3.63) is 29.3 Å². The second kappa shape index (κ2) is 4.82. The molecule has 0 radical (unpaired) electrons. The SMILES string of the molecule is COC(=O)C(C)Cc1c(C)cccc1N. The van der Waals surface area contributed by atoms with Gasteiger partial charge in [0.05, 0.1) is 13.0 Å². The lowest BCUT2D eigenvalue weighted by molar-refractivity contribution is -0.144. The first-order valence-electron chi connectivity index (χ1n) is 4.98. The minimum Gasteiger partial charge on any atom is -0.469 e. The molecule has 82 valence electrons. The van der Waals surface area contributed by atoms with Crippen LogP contribution in [0.15, 0.2) is 18.2 Å². The average Bonchev–Trinajstić information content (AvgIpc) is 2.22. The Balaban J connectivity index is 2.85. The van der Waals surface area contributed by atoms with Crippen molar-refractivity contribution < 1.29 is 9.53 Å². The van der Waals surface area contributed by atoms with E-state index in [9.17, 15) is 4.79 Å². The molecule has 1 aromatic rings. The zero-order chi connectivity index (χ0) is 11.4. The Morgan fingerprint density at radius 1 is 1.53 bits per heavy atom. The Morgan fingerprint density at radius 2 is 2.20 bits per heavy atom. The third-order valence-electron chi connectivity index (χ3n) is 2.56. The monoisotopic (exact) mass is 207 g/mol. The van der Waals surface area contributed by atoms with Gasteiger partial charge in [-0.25, -0.2) is 0 Å². The molecule has 3 heteroatoms. The van der Waals surface area contributed by atoms with Gasteiger partial charge in [0.2, 0.25) is 0 Å². The molecule has 15 heavy (non-hydrogen) atoms. The molecule has 3 nitrogen and oxygen atoms in total. The molecule has 0 aliphatic carbocycles. The Morgan fingerprint density at radius 3 is 2.73 bits per heavy atom. The van der Waals surface area contributed by atoms with Gasteiger partial charge in [-0.1, -0.05) is 19.1 Å². The van der Waals surface area contributed by atoms with Gasteiger partial charge in [-0.15, -0.1) is 0 Å². The predicted molar refractivity (Wildman–Crippen MR) is 60.5 cm³/mol. The number of anilines is 1. The summed E-state index contributed by atoms with van der Waals surface area (Å²) < 4.78 is 4.68. The molecular weight excluding hydrogens is 190 g/mol. The van der Waals surface area contributed by atoms with Crippen LogP contribution in [0.2, 0.25) is 0 Å². The lowest BCUT2D eigenvalue weighted by Crippen LogP contribution is -2.16. The van der Waals surface area contributed by atoms with Crippen LogP contribution in [0.4, 0.5) is 5.69 Å². The fourth-order valence-corrected chi connectivity index (χ4v) is 1.59. The summed E-state index contributed by atoms with van der Waals surface area (Å²) in [5, 5.41) is 0. The van der Waals surface area contributed by atoms with Crippen molar-refractivity contribution in [3.63, 3.8) is 0 Å². The summed E-state index contributed by atoms with van der Waals surface area (Å²) in [6.45, 7) is 3.84. The number of aryl methyl sites for hydroxylation is 1. The number of hydrogen-bond donors (Lipinski definition) is 1. The van der Waals surface area contributed by atoms with Crippen LogP contribution in [0.3, 0.4) is 0 Å². The largest absolute Gasteiger partial charge is 0.469 e. The summed E-state index contributed by atoms with van der Waals surface area (Å²) in [5.41, 5.74) is 8.75. The van der Waals surface area contributed by atoms with Crippen LogP contribution < -0.4 is 5.73 Å². The Labute approximate surface area is 90.2 Å². The molecule has 0 aromatic heterocycles. The van der Waals surface area contributed by atoms with Crippen molar-refractivity contribution in [2.45, 2.75) is 20.3 Å². The second-order valence-corrected chi connectivity index (χ2v) is 3.77. The quantitative estimate of drug-likeness (QED) is 0.608. The van der Waals surface area contributed by atoms with Crippen molar-refractivity contribution in [1.29, 1.82) is 0 Å². The van der Waals surface area contributed by atoms with E-state index >= 15 is 0 Å². The standard InChI is InChI=1S/C12H17NO2/c1-8-5-4-6-11(13)10(8)7-9(2)12(14)15-3/h4-6,9H,7,13H2,1-3H3. The number of hydrogen-bond acceptors (Lipinski definition) is 3. The summed E-state index contributed by atoms with van der Waals surface area (Å²) in [6.07, 6.45) is 0.630. The van der Waals surface area contributed by atoms with Crippen LogP contribution >= 0.6 is 0 Å². The third-order valence-corrected chi connectivity index (χ3v) is 2.56. The van der Waals surface area contributed by atoms with E-state index in [1.54, 1.807) is 0 Å². The van der Waals surface area contributed by atoms with E-state index in [2.05, 4.69) is 4.74 Å². The van der Waals surface area contributed by atoms with Crippen LogP contribution in [-0.4, -0.2) is 13.1 Å². The van der Waals surface area contributed by atoms with Gasteiger partial charge < -0.3 is 10.5 Å². The minimum absolute atomic E-state index is 0.154. The molecule has 0 saturated heterocycles. The van der Waals surface area contributed by atoms with E-state index in [1.807, 2.05) is 32.0 Å². The molecular formula is C12H17NO2. The number of benzene rings is 1. The normalized spacial score (nSPS) is 12.2. The van der Waals surface area contributed by atoms with Gasteiger partial charge >= 0.3 is 5.97 Å². The summed E-state index contributed by atoms with van der Waals surface area (Å²) >= 11 is 0. The summed E-state index contributed by atoms with van der Waals surface area (Å²) in [7, 11) is 1.40. The molecule has 1 unspecified atom stereocenters. The highest BCUT2D eigenvalue weighted by Gasteiger charge is 2.16. The van der Waals surface area contributed by atoms with Crippen LogP contribution in [0.5, 0.6) is 0 Å². The lowest BCUT2D eigenvalue weighted by atomic mass is 9.96. The summed E-state index contributed by atoms with van der Waals surface area (Å²) in [6, 6.07) is 5.76. The van der Waals surface area contributed by atoms with Crippen LogP contribution in [0.25, 0.3) is 0 Å². The number of ether oxygens (including phenoxy) is 1. The molecule has 0 fully saturated rings. The maximum Gasteiger partial charge on any atom is 0.308 e. The number of carbonyl (C=O) groups is 1. The van der Waals surface area contributed by atoms with Gasteiger partial charge in [0.15, 0.2) is 0 Å². The lowest BCUT2D eigenvalue weighted by Gasteiger charge is -2.13. The topological polar surface area (TPSA) is 52.3 Å². The summed E-state index contributed by atoms with van der Waals surface area (Å²) in [5.74, 6) is -0.351. The number of esters is 1. The molecule has 0 heterocycles. The molecule has 1 atom stereocenters. The van der Waals surface area contributed by atoms with E-state index in [-0.39, 0.29) is 11.9 Å². The average molecular weight is 207 g/mol. The van der Waals surface area contributed by atoms with Gasteiger partial charge in [0.1, 0.15) is 0 Å². The first kappa shape index (κ1) is 11.6. The Bertz CT molecular complexity index is 340. The first-order valence-corrected chi connectivity index (χ1v) is 4.98. The number of carbonyl (C=O) groups excluding carboxylic acids is 1. The fraction of sp³-hybridized carbons (Fsp3) is 0.417. The second-order valence-electron chi connectivity index (χ2n) is 3.77. The third kappa shape index (κ3) is 2.72. The number of methoxy groups -OCH3 is 1. The molecule has 0 bridgehead atoms. The van der Waals surface area contributed by atoms with E-state index < -0.39 is 0 Å². The van der Waals surface area contributed by atoms with E-state index in [1.165, 1.54) is 7.11 Å². The highest BCUT2D eigenvalue weighted by Crippen LogP contribution is 2.20. The van der Waals surface area contributed by atoms with Crippen molar-refractivity contribution in [3.8, 4) is 0 Å². The maximum atomic E-state index is 11.3. The van der Waals surface area contributed by atoms with Crippen LogP contribution in [0, 0.1) is 12.8 Å². The summed E-state index contributed by atoms with van der Waals surface area (Å²) in [4.78, 5) is 11.3. The molecule has 1 rings (SSSR count). The van der Waals surface area contributed by atoms with Crippen LogP contribution in [0.1, 0.15) is 18.1 Å². The molecule has 0 amide bonds. The van der Waals surface area contributed by atoms with E-state index in [0.717, 1.165) is 16.8 Å². The highest BCUT2D eigenvalue weighted by atomic mass is 16.5. The van der Waals surface area contributed by atoms with Crippen LogP contribution in [-0.2, 0) is 16.0 Å². The molecule has 2 N–H and O–H groups in total. The van der Waals surface area contributed by atoms with Crippen molar-refractivity contribution in [2.75, 3.05) is 12.8 Å². The minimum atomic E-state index is -0.197. The molecule has 0 spiro atoms. The van der Waals surface area contributed by atoms with Crippen molar-refractivity contribution in [1.82, 2.24) is 0 Å². The predicted octanol–water partition coefficient (Wildman–Crippen LogP) is 1.93. The van der Waals surface area contributed by atoms with E-state index in [4.69, 9.17) is 5.73 Å². The van der Waals surface area contributed by atoms with Gasteiger partial charge in [-0.3, -0.25) is 4.79 Å². The molecule has 0 saturated carbocycles. The fourth-order valence-electron chi connectivity index (χ4n) is 1.59. The maximum absolute atomic E-state index is 11.3. The van der Waals surface area contributed by atoms with E-state index in [0.29, 0.717) is 6.42 Å². The van der Waals surface area contributed by atoms with Gasteiger partial charge in [0, 0.05) is 5.69 Å². The number of nitrogens with two attached hydrogens (primary N) is 1. The highest BCUT2D eigenvalue weighted by molar-refractivity contribution is 5.72. The van der Waals surface area contributed by atoms with Crippen molar-refractivity contribution in [2.24, 2.45) is 5.92 Å². The van der Waals surface area contributed by atoms with Gasteiger partial charge in [-0.05, 0) is 30.5 Å². The number of nitrogen functional groups attached to an aromatic ring is 1. The first-order chi connectivity index (χ1) is 7.06. The number of rotatable bonds is 3. The molecule has 1 aromatic carbocycles. The Hall–Kier alpha value is -1.51. The molecule has 0 aliphatic rings. The zero-order valence-electron chi connectivity index (χ0n) is 9.41.